The number of furan rings is 1. The van der Waals surface area contributed by atoms with Crippen molar-refractivity contribution in [2.24, 2.45) is 0 Å². The summed E-state index contributed by atoms with van der Waals surface area (Å²) in [4.78, 5) is 0. The highest BCUT2D eigenvalue weighted by molar-refractivity contribution is 5.26. The van der Waals surface area contributed by atoms with Crippen LogP contribution in [0.15, 0.2) is 41.0 Å². The molecule has 0 aliphatic heterocycles. The fourth-order valence-electron chi connectivity index (χ4n) is 2.25. The molecule has 1 unspecified atom stereocenters. The van der Waals surface area contributed by atoms with Gasteiger partial charge in [-0.05, 0) is 38.4 Å². The Bertz CT molecular complexity index is 484. The lowest BCUT2D eigenvalue weighted by Gasteiger charge is -2.17. The number of likely N-dealkylation sites (N-methyl/N-ethyl adjacent to an activating group) is 1. The van der Waals surface area contributed by atoms with Gasteiger partial charge in [0.2, 0.25) is 0 Å². The second kappa shape index (κ2) is 5.87. The summed E-state index contributed by atoms with van der Waals surface area (Å²) in [5.74, 6) is 1.01. The minimum Gasteiger partial charge on any atom is -0.469 e. The van der Waals surface area contributed by atoms with E-state index < -0.39 is 0 Å². The maximum Gasteiger partial charge on any atom is 0.105 e. The van der Waals surface area contributed by atoms with Crippen molar-refractivity contribution in [3.63, 3.8) is 0 Å². The van der Waals surface area contributed by atoms with Crippen LogP contribution in [0.3, 0.4) is 0 Å². The van der Waals surface area contributed by atoms with E-state index in [2.05, 4.69) is 49.5 Å². The Balaban J connectivity index is 2.16. The van der Waals surface area contributed by atoms with Crippen molar-refractivity contribution in [3.05, 3.63) is 59.0 Å². The van der Waals surface area contributed by atoms with Crippen LogP contribution in [0.2, 0.25) is 0 Å². The minimum atomic E-state index is 0.330. The van der Waals surface area contributed by atoms with Gasteiger partial charge in [-0.25, -0.2) is 0 Å². The van der Waals surface area contributed by atoms with Crippen molar-refractivity contribution < 1.29 is 4.42 Å². The second-order valence-electron chi connectivity index (χ2n) is 4.73. The van der Waals surface area contributed by atoms with Gasteiger partial charge in [-0.1, -0.05) is 36.8 Å². The average Bonchev–Trinajstić information content (AvgIpc) is 2.78. The molecule has 2 rings (SSSR count). The Hall–Kier alpha value is -1.54. The maximum absolute atomic E-state index is 5.41. The summed E-state index contributed by atoms with van der Waals surface area (Å²) >= 11 is 0. The fraction of sp³-hybridized carbons (Fsp3) is 0.375. The first-order chi connectivity index (χ1) is 8.70. The number of hydrogen-bond acceptors (Lipinski definition) is 2. The minimum absolute atomic E-state index is 0.330. The third kappa shape index (κ3) is 3.02. The Morgan fingerprint density at radius 3 is 2.39 bits per heavy atom. The quantitative estimate of drug-likeness (QED) is 0.864. The van der Waals surface area contributed by atoms with E-state index in [1.54, 1.807) is 6.26 Å². The van der Waals surface area contributed by atoms with Gasteiger partial charge in [0.1, 0.15) is 5.76 Å². The van der Waals surface area contributed by atoms with Gasteiger partial charge in [0.05, 0.1) is 6.26 Å². The molecule has 0 saturated carbocycles. The van der Waals surface area contributed by atoms with Crippen molar-refractivity contribution in [1.82, 2.24) is 5.32 Å². The molecule has 18 heavy (non-hydrogen) atoms. The second-order valence-corrected chi connectivity index (χ2v) is 4.73. The third-order valence-electron chi connectivity index (χ3n) is 3.29. The van der Waals surface area contributed by atoms with Crippen molar-refractivity contribution in [3.8, 4) is 0 Å². The molecule has 0 bridgehead atoms. The molecule has 96 valence electrons. The molecule has 0 spiro atoms. The number of nitrogens with one attached hydrogen (secondary N) is 1. The predicted octanol–water partition coefficient (Wildman–Crippen LogP) is 3.79. The lowest BCUT2D eigenvalue weighted by molar-refractivity contribution is 0.501. The average molecular weight is 243 g/mol. The highest BCUT2D eigenvalue weighted by atomic mass is 16.3. The van der Waals surface area contributed by atoms with Gasteiger partial charge < -0.3 is 9.73 Å². The van der Waals surface area contributed by atoms with Crippen LogP contribution < -0.4 is 5.32 Å². The molecule has 0 fully saturated rings. The highest BCUT2D eigenvalue weighted by Gasteiger charge is 2.15. The molecule has 1 atom stereocenters. The topological polar surface area (TPSA) is 25.2 Å². The third-order valence-corrected chi connectivity index (χ3v) is 3.29. The van der Waals surface area contributed by atoms with Crippen LogP contribution in [0.5, 0.6) is 0 Å². The van der Waals surface area contributed by atoms with Gasteiger partial charge in [0.25, 0.3) is 0 Å². The van der Waals surface area contributed by atoms with Crippen LogP contribution in [-0.4, -0.2) is 6.54 Å². The van der Waals surface area contributed by atoms with Crippen molar-refractivity contribution in [2.75, 3.05) is 6.54 Å². The zero-order chi connectivity index (χ0) is 13.0. The molecule has 2 nitrogen and oxygen atoms in total. The van der Waals surface area contributed by atoms with Gasteiger partial charge >= 0.3 is 0 Å². The Morgan fingerprint density at radius 1 is 1.11 bits per heavy atom. The lowest BCUT2D eigenvalue weighted by atomic mass is 9.98. The standard InChI is InChI=1S/C16H21NO/c1-4-17-16(15-9-10-18-13(15)3)11-14-7-5-12(2)6-8-14/h5-10,16-17H,4,11H2,1-3H3. The van der Waals surface area contributed by atoms with Gasteiger partial charge in [-0.3, -0.25) is 0 Å². The summed E-state index contributed by atoms with van der Waals surface area (Å²) in [5.41, 5.74) is 3.92. The molecular formula is C16H21NO. The predicted molar refractivity (Wildman–Crippen MR) is 74.7 cm³/mol. The zero-order valence-corrected chi connectivity index (χ0v) is 11.4. The monoisotopic (exact) mass is 243 g/mol. The van der Waals surface area contributed by atoms with Gasteiger partial charge in [0, 0.05) is 11.6 Å². The molecule has 0 saturated heterocycles. The molecule has 1 aromatic heterocycles. The summed E-state index contributed by atoms with van der Waals surface area (Å²) in [6.45, 7) is 7.24. The first-order valence-corrected chi connectivity index (χ1v) is 6.53. The summed E-state index contributed by atoms with van der Waals surface area (Å²) in [6, 6.07) is 11.1. The van der Waals surface area contributed by atoms with E-state index in [4.69, 9.17) is 4.42 Å². The molecule has 1 heterocycles. The van der Waals surface area contributed by atoms with Crippen molar-refractivity contribution >= 4 is 0 Å². The highest BCUT2D eigenvalue weighted by Crippen LogP contribution is 2.22. The van der Waals surface area contributed by atoms with Crippen LogP contribution in [0.1, 0.15) is 35.4 Å². The fourth-order valence-corrected chi connectivity index (χ4v) is 2.25. The lowest BCUT2D eigenvalue weighted by Crippen LogP contribution is -2.23. The number of rotatable bonds is 5. The van der Waals surface area contributed by atoms with E-state index in [-0.39, 0.29) is 0 Å². The SMILES string of the molecule is CCNC(Cc1ccc(C)cc1)c1ccoc1C. The molecule has 0 amide bonds. The van der Waals surface area contributed by atoms with E-state index in [1.807, 2.05) is 6.92 Å². The summed E-state index contributed by atoms with van der Waals surface area (Å²) in [6.07, 6.45) is 2.76. The first kappa shape index (κ1) is 12.9. The summed E-state index contributed by atoms with van der Waals surface area (Å²) in [5, 5.41) is 3.53. The van der Waals surface area contributed by atoms with Crippen LogP contribution in [0.4, 0.5) is 0 Å². The van der Waals surface area contributed by atoms with Crippen LogP contribution in [0.25, 0.3) is 0 Å². The normalized spacial score (nSPS) is 12.6. The van der Waals surface area contributed by atoms with Crippen molar-refractivity contribution in [2.45, 2.75) is 33.2 Å². The molecule has 1 N–H and O–H groups in total. The Morgan fingerprint density at radius 2 is 1.83 bits per heavy atom. The number of hydrogen-bond donors (Lipinski definition) is 1. The molecule has 1 aromatic carbocycles. The van der Waals surface area contributed by atoms with Gasteiger partial charge in [-0.15, -0.1) is 0 Å². The van der Waals surface area contributed by atoms with Crippen LogP contribution in [-0.2, 0) is 6.42 Å². The van der Waals surface area contributed by atoms with E-state index in [1.165, 1.54) is 16.7 Å². The summed E-state index contributed by atoms with van der Waals surface area (Å²) < 4.78 is 5.41. The van der Waals surface area contributed by atoms with Crippen LogP contribution >= 0.6 is 0 Å². The number of aryl methyl sites for hydroxylation is 2. The number of benzene rings is 1. The largest absolute Gasteiger partial charge is 0.469 e. The van der Waals surface area contributed by atoms with E-state index in [0.717, 1.165) is 18.7 Å². The van der Waals surface area contributed by atoms with Crippen molar-refractivity contribution in [1.29, 1.82) is 0 Å². The Labute approximate surface area is 109 Å². The molecular weight excluding hydrogens is 222 g/mol. The van der Waals surface area contributed by atoms with E-state index in [0.29, 0.717) is 6.04 Å². The van der Waals surface area contributed by atoms with E-state index in [9.17, 15) is 0 Å². The van der Waals surface area contributed by atoms with Gasteiger partial charge in [-0.2, -0.15) is 0 Å². The smallest absolute Gasteiger partial charge is 0.105 e. The maximum atomic E-state index is 5.41. The molecule has 0 radical (unpaired) electrons. The van der Waals surface area contributed by atoms with Gasteiger partial charge in [0.15, 0.2) is 0 Å². The van der Waals surface area contributed by atoms with E-state index >= 15 is 0 Å². The molecule has 2 heteroatoms. The molecule has 2 aromatic rings. The Kier molecular flexibility index (Phi) is 4.21. The first-order valence-electron chi connectivity index (χ1n) is 6.53. The summed E-state index contributed by atoms with van der Waals surface area (Å²) in [7, 11) is 0. The zero-order valence-electron chi connectivity index (χ0n) is 11.4. The molecule has 0 aliphatic rings. The van der Waals surface area contributed by atoms with Crippen LogP contribution in [0, 0.1) is 13.8 Å². The molecule has 0 aliphatic carbocycles.